The monoisotopic (exact) mass is 569 g/mol. The van der Waals surface area contributed by atoms with Crippen LogP contribution in [0.3, 0.4) is 0 Å². The van der Waals surface area contributed by atoms with E-state index < -0.39 is 42.7 Å². The van der Waals surface area contributed by atoms with Crippen molar-refractivity contribution >= 4 is 24.4 Å². The first kappa shape index (κ1) is 34.5. The van der Waals surface area contributed by atoms with Crippen LogP contribution in [0.4, 0.5) is 14.4 Å². The molecule has 0 aromatic heterocycles. The molecule has 1 aromatic carbocycles. The summed E-state index contributed by atoms with van der Waals surface area (Å²) < 4.78 is 35.9. The maximum absolute atomic E-state index is 12.5. The van der Waals surface area contributed by atoms with Crippen LogP contribution in [0.15, 0.2) is 18.2 Å². The van der Waals surface area contributed by atoms with Gasteiger partial charge in [-0.15, -0.1) is 0 Å². The Morgan fingerprint density at radius 2 is 1.32 bits per heavy atom. The third-order valence-electron chi connectivity index (χ3n) is 5.90. The Kier molecular flexibility index (Phi) is 15.5. The van der Waals surface area contributed by atoms with Crippen molar-refractivity contribution in [1.82, 2.24) is 5.32 Å². The maximum Gasteiger partial charge on any atom is 0.514 e. The van der Waals surface area contributed by atoms with Crippen LogP contribution in [0, 0.1) is 11.8 Å². The first-order chi connectivity index (χ1) is 18.9. The van der Waals surface area contributed by atoms with E-state index in [-0.39, 0.29) is 49.5 Å². The molecule has 3 atom stereocenters. The van der Waals surface area contributed by atoms with Crippen LogP contribution in [-0.4, -0.2) is 69.6 Å². The molecule has 0 aliphatic heterocycles. The van der Waals surface area contributed by atoms with Gasteiger partial charge in [-0.25, -0.2) is 14.4 Å². The van der Waals surface area contributed by atoms with Gasteiger partial charge in [-0.3, -0.25) is 4.79 Å². The molecule has 0 heterocycles. The van der Waals surface area contributed by atoms with Gasteiger partial charge in [0.1, 0.15) is 24.9 Å². The molecule has 0 saturated carbocycles. The van der Waals surface area contributed by atoms with Crippen LogP contribution >= 0.6 is 0 Å². The van der Waals surface area contributed by atoms with E-state index in [1.807, 2.05) is 34.6 Å². The van der Waals surface area contributed by atoms with E-state index in [1.165, 1.54) is 19.2 Å². The molecule has 0 spiro atoms. The van der Waals surface area contributed by atoms with Gasteiger partial charge in [0.25, 0.3) is 0 Å². The average Bonchev–Trinajstić information content (AvgIpc) is 2.89. The lowest BCUT2D eigenvalue weighted by Crippen LogP contribution is -2.41. The minimum absolute atomic E-state index is 0.0338. The summed E-state index contributed by atoms with van der Waals surface area (Å²) >= 11 is 0. The topological polar surface area (TPSA) is 145 Å². The second-order valence-corrected chi connectivity index (χ2v) is 9.80. The Balaban J connectivity index is 3.06. The highest BCUT2D eigenvalue weighted by Gasteiger charge is 2.24. The summed E-state index contributed by atoms with van der Waals surface area (Å²) in [4.78, 5) is 48.7. The molecule has 2 unspecified atom stereocenters. The highest BCUT2D eigenvalue weighted by molar-refractivity contribution is 5.76. The summed E-state index contributed by atoms with van der Waals surface area (Å²) in [7, 11) is 1.25. The first-order valence-electron chi connectivity index (χ1n) is 13.4. The second kappa shape index (κ2) is 17.9. The zero-order chi connectivity index (χ0) is 30.2. The summed E-state index contributed by atoms with van der Waals surface area (Å²) in [6.07, 6.45) is -2.80. The van der Waals surface area contributed by atoms with Gasteiger partial charge in [-0.05, 0) is 56.2 Å². The standard InChI is InChI=1S/C28H43NO11/c1-9-13-35-26(31)36-14-12-29-22(25(30)34-8)15-21-10-11-23(39-27(32)37-19(6)17(2)3)24(16-21)40-28(33)38-20(7)18(4)5/h10-11,16-20,22,29H,9,12-15H2,1-8H3/t19?,20?,22-/m0/s1. The number of esters is 1. The fourth-order valence-corrected chi connectivity index (χ4v) is 2.86. The van der Waals surface area contributed by atoms with Gasteiger partial charge >= 0.3 is 24.4 Å². The quantitative estimate of drug-likeness (QED) is 0.131. The molecule has 0 aliphatic carbocycles. The van der Waals surface area contributed by atoms with Crippen molar-refractivity contribution in [3.63, 3.8) is 0 Å². The summed E-state index contributed by atoms with van der Waals surface area (Å²) in [6, 6.07) is 3.64. The number of ether oxygens (including phenoxy) is 7. The minimum atomic E-state index is -0.984. The molecular weight excluding hydrogens is 526 g/mol. The van der Waals surface area contributed by atoms with E-state index in [1.54, 1.807) is 19.9 Å². The fourth-order valence-electron chi connectivity index (χ4n) is 2.86. The zero-order valence-corrected chi connectivity index (χ0v) is 24.6. The normalized spacial score (nSPS) is 13.2. The summed E-state index contributed by atoms with van der Waals surface area (Å²) in [5.74, 6) is -0.619. The molecule has 0 aliphatic rings. The average molecular weight is 570 g/mol. The Morgan fingerprint density at radius 3 is 1.85 bits per heavy atom. The number of hydrogen-bond donors (Lipinski definition) is 1. The number of carbonyl (C=O) groups excluding carboxylic acids is 4. The van der Waals surface area contributed by atoms with Crippen LogP contribution < -0.4 is 14.8 Å². The molecule has 12 heteroatoms. The summed E-state index contributed by atoms with van der Waals surface area (Å²) in [6.45, 7) is 13.2. The Labute approximate surface area is 235 Å². The molecule has 1 N–H and O–H groups in total. The van der Waals surface area contributed by atoms with E-state index in [4.69, 9.17) is 33.2 Å². The first-order valence-corrected chi connectivity index (χ1v) is 13.4. The van der Waals surface area contributed by atoms with Crippen molar-refractivity contribution in [2.75, 3.05) is 26.9 Å². The molecule has 226 valence electrons. The van der Waals surface area contributed by atoms with E-state index in [9.17, 15) is 19.2 Å². The Morgan fingerprint density at radius 1 is 0.775 bits per heavy atom. The molecule has 0 radical (unpaired) electrons. The largest absolute Gasteiger partial charge is 0.514 e. The van der Waals surface area contributed by atoms with Gasteiger partial charge in [0, 0.05) is 6.54 Å². The van der Waals surface area contributed by atoms with Crippen molar-refractivity contribution in [3.8, 4) is 11.5 Å². The highest BCUT2D eigenvalue weighted by atomic mass is 16.8. The van der Waals surface area contributed by atoms with Gasteiger partial charge in [-0.1, -0.05) is 40.7 Å². The predicted octanol–water partition coefficient (Wildman–Crippen LogP) is 5.04. The van der Waals surface area contributed by atoms with Gasteiger partial charge < -0.3 is 38.5 Å². The molecule has 1 rings (SSSR count). The SMILES string of the molecule is CCCOC(=O)OCCN[C@@H](Cc1ccc(OC(=O)OC(C)C(C)C)c(OC(=O)OC(C)C(C)C)c1)C(=O)OC. The summed E-state index contributed by atoms with van der Waals surface area (Å²) in [5, 5.41) is 2.96. The number of benzene rings is 1. The van der Waals surface area contributed by atoms with Crippen LogP contribution in [0.25, 0.3) is 0 Å². The van der Waals surface area contributed by atoms with E-state index in [0.29, 0.717) is 12.0 Å². The molecule has 0 amide bonds. The maximum atomic E-state index is 12.5. The highest BCUT2D eigenvalue weighted by Crippen LogP contribution is 2.30. The van der Waals surface area contributed by atoms with Crippen LogP contribution in [-0.2, 0) is 34.9 Å². The molecule has 40 heavy (non-hydrogen) atoms. The van der Waals surface area contributed by atoms with Crippen molar-refractivity contribution in [1.29, 1.82) is 0 Å². The van der Waals surface area contributed by atoms with E-state index >= 15 is 0 Å². The van der Waals surface area contributed by atoms with Crippen LogP contribution in [0.5, 0.6) is 11.5 Å². The molecule has 1 aromatic rings. The number of carbonyl (C=O) groups is 4. The lowest BCUT2D eigenvalue weighted by molar-refractivity contribution is -0.143. The smallest absolute Gasteiger partial charge is 0.468 e. The third kappa shape index (κ3) is 13.0. The van der Waals surface area contributed by atoms with Gasteiger partial charge in [0.05, 0.1) is 13.7 Å². The Bertz CT molecular complexity index is 964. The molecular formula is C28H43NO11. The Hall–Kier alpha value is -3.54. The second-order valence-electron chi connectivity index (χ2n) is 9.80. The number of nitrogens with one attached hydrogen (secondary N) is 1. The van der Waals surface area contributed by atoms with E-state index in [2.05, 4.69) is 5.32 Å². The van der Waals surface area contributed by atoms with Crippen molar-refractivity contribution in [2.24, 2.45) is 11.8 Å². The zero-order valence-electron chi connectivity index (χ0n) is 24.6. The molecule has 12 nitrogen and oxygen atoms in total. The van der Waals surface area contributed by atoms with Crippen molar-refractivity contribution < 1.29 is 52.3 Å². The molecule has 0 saturated heterocycles. The van der Waals surface area contributed by atoms with Crippen molar-refractivity contribution in [3.05, 3.63) is 23.8 Å². The van der Waals surface area contributed by atoms with Gasteiger partial charge in [0.2, 0.25) is 0 Å². The van der Waals surface area contributed by atoms with Gasteiger partial charge in [0.15, 0.2) is 11.5 Å². The van der Waals surface area contributed by atoms with Crippen LogP contribution in [0.2, 0.25) is 0 Å². The number of hydrogen-bond acceptors (Lipinski definition) is 12. The minimum Gasteiger partial charge on any atom is -0.468 e. The van der Waals surface area contributed by atoms with Crippen molar-refractivity contribution in [2.45, 2.75) is 79.6 Å². The fraction of sp³-hybridized carbons (Fsp3) is 0.643. The number of rotatable bonds is 15. The molecule has 0 fully saturated rings. The lowest BCUT2D eigenvalue weighted by Gasteiger charge is -2.19. The lowest BCUT2D eigenvalue weighted by atomic mass is 10.1. The van der Waals surface area contributed by atoms with Gasteiger partial charge in [-0.2, -0.15) is 0 Å². The third-order valence-corrected chi connectivity index (χ3v) is 5.90. The summed E-state index contributed by atoms with van der Waals surface area (Å²) in [5.41, 5.74) is 0.544. The van der Waals surface area contributed by atoms with Crippen LogP contribution in [0.1, 0.15) is 60.5 Å². The van der Waals surface area contributed by atoms with E-state index in [0.717, 1.165) is 0 Å². The number of methoxy groups -OCH3 is 1. The molecule has 0 bridgehead atoms. The predicted molar refractivity (Wildman–Crippen MR) is 144 cm³/mol.